The highest BCUT2D eigenvalue weighted by atomic mass is 32.2. The van der Waals surface area contributed by atoms with Gasteiger partial charge in [-0.05, 0) is 48.5 Å². The number of fused-ring (bicyclic) bond motifs is 1. The molecule has 11 heteroatoms. The summed E-state index contributed by atoms with van der Waals surface area (Å²) in [4.78, 5) is 11.3. The topological polar surface area (TPSA) is 107 Å². The van der Waals surface area contributed by atoms with E-state index in [1.54, 1.807) is 54.9 Å². The van der Waals surface area contributed by atoms with Crippen molar-refractivity contribution in [3.8, 4) is 22.4 Å². The summed E-state index contributed by atoms with van der Waals surface area (Å²) in [6.07, 6.45) is 7.76. The van der Waals surface area contributed by atoms with Crippen LogP contribution in [0.3, 0.4) is 0 Å². The molecule has 4 heterocycles. The van der Waals surface area contributed by atoms with Crippen molar-refractivity contribution in [2.24, 2.45) is 0 Å². The van der Waals surface area contributed by atoms with Gasteiger partial charge in [0, 0.05) is 61.0 Å². The van der Waals surface area contributed by atoms with Crippen LogP contribution in [-0.4, -0.2) is 48.8 Å². The van der Waals surface area contributed by atoms with Crippen molar-refractivity contribution in [3.05, 3.63) is 116 Å². The monoisotopic (exact) mass is 583 g/mol. The van der Waals surface area contributed by atoms with Gasteiger partial charge in [0.05, 0.1) is 27.4 Å². The van der Waals surface area contributed by atoms with Crippen LogP contribution in [0.5, 0.6) is 0 Å². The molecule has 6 aromatic rings. The minimum Gasteiger partial charge on any atom is -0.376 e. The standard InChI is InChI=1S/C30H25N5O4S2/c1-33(2)24-13-14-29(31-19-24)23-17-27-28(22-15-16-34(20-22)40(36,37)25-9-5-3-6-10-25)21-35(30(27)32-18-23)41(38,39)26-11-7-4-8-12-26/h3-21H,1-2H3. The lowest BCUT2D eigenvalue weighted by Gasteiger charge is -2.12. The van der Waals surface area contributed by atoms with Crippen LogP contribution in [0.2, 0.25) is 0 Å². The predicted octanol–water partition coefficient (Wildman–Crippen LogP) is 5.11. The van der Waals surface area contributed by atoms with Gasteiger partial charge in [-0.25, -0.2) is 29.8 Å². The van der Waals surface area contributed by atoms with Crippen molar-refractivity contribution < 1.29 is 16.8 Å². The fraction of sp³-hybridized carbons (Fsp3) is 0.0667. The predicted molar refractivity (Wildman–Crippen MR) is 159 cm³/mol. The lowest BCUT2D eigenvalue weighted by Crippen LogP contribution is -2.12. The van der Waals surface area contributed by atoms with Crippen LogP contribution in [0.4, 0.5) is 5.69 Å². The van der Waals surface area contributed by atoms with Crippen LogP contribution in [0, 0.1) is 0 Å². The Morgan fingerprint density at radius 2 is 1.34 bits per heavy atom. The van der Waals surface area contributed by atoms with Gasteiger partial charge in [0.1, 0.15) is 0 Å². The van der Waals surface area contributed by atoms with E-state index in [-0.39, 0.29) is 15.4 Å². The molecule has 0 saturated carbocycles. The first-order chi connectivity index (χ1) is 19.7. The summed E-state index contributed by atoms with van der Waals surface area (Å²) < 4.78 is 56.2. The summed E-state index contributed by atoms with van der Waals surface area (Å²) in [7, 11) is -3.99. The molecule has 0 bridgehead atoms. The van der Waals surface area contributed by atoms with E-state index in [9.17, 15) is 16.8 Å². The fourth-order valence-electron chi connectivity index (χ4n) is 4.56. The van der Waals surface area contributed by atoms with Gasteiger partial charge in [0.15, 0.2) is 5.65 Å². The molecular formula is C30H25N5O4S2. The van der Waals surface area contributed by atoms with Crippen molar-refractivity contribution in [1.29, 1.82) is 0 Å². The van der Waals surface area contributed by atoms with Crippen LogP contribution >= 0.6 is 0 Å². The minimum atomic E-state index is -4.00. The van der Waals surface area contributed by atoms with E-state index in [0.717, 1.165) is 13.6 Å². The fourth-order valence-corrected chi connectivity index (χ4v) is 7.12. The molecule has 4 aromatic heterocycles. The van der Waals surface area contributed by atoms with Crippen LogP contribution in [-0.2, 0) is 20.0 Å². The van der Waals surface area contributed by atoms with E-state index in [2.05, 4.69) is 9.97 Å². The largest absolute Gasteiger partial charge is 0.376 e. The first kappa shape index (κ1) is 26.5. The van der Waals surface area contributed by atoms with E-state index in [4.69, 9.17) is 0 Å². The Balaban J connectivity index is 1.54. The van der Waals surface area contributed by atoms with E-state index >= 15 is 0 Å². The van der Waals surface area contributed by atoms with Crippen molar-refractivity contribution in [1.82, 2.24) is 17.9 Å². The zero-order chi connectivity index (χ0) is 28.8. The number of anilines is 1. The van der Waals surface area contributed by atoms with Gasteiger partial charge in [-0.15, -0.1) is 0 Å². The first-order valence-corrected chi connectivity index (χ1v) is 15.5. The normalized spacial score (nSPS) is 12.0. The second-order valence-electron chi connectivity index (χ2n) is 9.60. The SMILES string of the molecule is CN(C)c1ccc(-c2cnc3c(c2)c(-c2ccn(S(=O)(=O)c4ccccc4)c2)cn3S(=O)(=O)c2ccccc2)nc1. The van der Waals surface area contributed by atoms with E-state index in [1.165, 1.54) is 42.9 Å². The van der Waals surface area contributed by atoms with E-state index < -0.39 is 20.0 Å². The third-order valence-electron chi connectivity index (χ3n) is 6.77. The van der Waals surface area contributed by atoms with Gasteiger partial charge in [0.25, 0.3) is 20.0 Å². The van der Waals surface area contributed by atoms with E-state index in [0.29, 0.717) is 27.8 Å². The Bertz CT molecular complexity index is 2090. The van der Waals surface area contributed by atoms with Gasteiger partial charge in [0.2, 0.25) is 0 Å². The molecule has 0 N–H and O–H groups in total. The van der Waals surface area contributed by atoms with Gasteiger partial charge in [-0.3, -0.25) is 4.98 Å². The zero-order valence-corrected chi connectivity index (χ0v) is 23.8. The lowest BCUT2D eigenvalue weighted by atomic mass is 10.1. The molecular weight excluding hydrogens is 558 g/mol. The minimum absolute atomic E-state index is 0.111. The highest BCUT2D eigenvalue weighted by Crippen LogP contribution is 2.35. The summed E-state index contributed by atoms with van der Waals surface area (Å²) in [6, 6.07) is 23.5. The Kier molecular flexibility index (Phi) is 6.47. The third-order valence-corrected chi connectivity index (χ3v) is 10.1. The second-order valence-corrected chi connectivity index (χ2v) is 13.3. The Morgan fingerprint density at radius 3 is 1.95 bits per heavy atom. The molecule has 0 spiro atoms. The Morgan fingerprint density at radius 1 is 0.683 bits per heavy atom. The summed E-state index contributed by atoms with van der Waals surface area (Å²) >= 11 is 0. The van der Waals surface area contributed by atoms with Crippen molar-refractivity contribution in [2.75, 3.05) is 19.0 Å². The average Bonchev–Trinajstić information content (AvgIpc) is 3.64. The molecule has 2 aromatic carbocycles. The molecule has 206 valence electrons. The highest BCUT2D eigenvalue weighted by Gasteiger charge is 2.25. The molecule has 0 saturated heterocycles. The molecule has 41 heavy (non-hydrogen) atoms. The molecule has 0 fully saturated rings. The van der Waals surface area contributed by atoms with Gasteiger partial charge >= 0.3 is 0 Å². The molecule has 0 amide bonds. The van der Waals surface area contributed by atoms with Crippen molar-refractivity contribution >= 4 is 36.8 Å². The van der Waals surface area contributed by atoms with Gasteiger partial charge in [-0.1, -0.05) is 36.4 Å². The van der Waals surface area contributed by atoms with Crippen LogP contribution in [0.25, 0.3) is 33.4 Å². The van der Waals surface area contributed by atoms with E-state index in [1.807, 2.05) is 37.2 Å². The van der Waals surface area contributed by atoms with Crippen LogP contribution in [0.15, 0.2) is 126 Å². The average molecular weight is 584 g/mol. The molecule has 6 rings (SSSR count). The maximum absolute atomic E-state index is 13.7. The first-order valence-electron chi connectivity index (χ1n) is 12.6. The maximum Gasteiger partial charge on any atom is 0.269 e. The molecule has 0 aliphatic rings. The summed E-state index contributed by atoms with van der Waals surface area (Å²) in [6.45, 7) is 0. The van der Waals surface area contributed by atoms with Crippen LogP contribution in [0.1, 0.15) is 0 Å². The molecule has 0 aliphatic heterocycles. The molecule has 0 atom stereocenters. The number of hydrogen-bond acceptors (Lipinski definition) is 7. The number of benzene rings is 2. The number of pyridine rings is 2. The number of nitrogens with zero attached hydrogens (tertiary/aromatic N) is 5. The molecule has 0 aliphatic carbocycles. The molecule has 0 radical (unpaired) electrons. The highest BCUT2D eigenvalue weighted by molar-refractivity contribution is 7.90. The maximum atomic E-state index is 13.7. The number of hydrogen-bond donors (Lipinski definition) is 0. The van der Waals surface area contributed by atoms with Crippen molar-refractivity contribution in [2.45, 2.75) is 9.79 Å². The lowest BCUT2D eigenvalue weighted by molar-refractivity contribution is 0.586. The quantitative estimate of drug-likeness (QED) is 0.257. The zero-order valence-electron chi connectivity index (χ0n) is 22.2. The Hall–Kier alpha value is -4.74. The van der Waals surface area contributed by atoms with Gasteiger partial charge in [-0.2, -0.15) is 0 Å². The van der Waals surface area contributed by atoms with Gasteiger partial charge < -0.3 is 4.90 Å². The third kappa shape index (κ3) is 4.68. The number of aromatic nitrogens is 4. The van der Waals surface area contributed by atoms with Crippen LogP contribution < -0.4 is 4.90 Å². The number of rotatable bonds is 7. The molecule has 9 nitrogen and oxygen atoms in total. The summed E-state index contributed by atoms with van der Waals surface area (Å²) in [5, 5.41) is 0.537. The summed E-state index contributed by atoms with van der Waals surface area (Å²) in [5.74, 6) is 0. The Labute approximate surface area is 238 Å². The van der Waals surface area contributed by atoms with Crippen molar-refractivity contribution in [3.63, 3.8) is 0 Å². The second kappa shape index (κ2) is 10.0. The summed E-state index contributed by atoms with van der Waals surface area (Å²) in [5.41, 5.74) is 3.54. The smallest absolute Gasteiger partial charge is 0.269 e. The molecule has 0 unspecified atom stereocenters.